The summed E-state index contributed by atoms with van der Waals surface area (Å²) in [6.07, 6.45) is 4.08. The molecule has 0 amide bonds. The maximum Gasteiger partial charge on any atom is 0.197 e. The molecule has 0 aromatic carbocycles. The number of halogens is 1. The third-order valence-electron chi connectivity index (χ3n) is 2.38. The van der Waals surface area contributed by atoms with Crippen LogP contribution in [0.25, 0.3) is 0 Å². The molecule has 0 saturated heterocycles. The lowest BCUT2D eigenvalue weighted by molar-refractivity contribution is 0.518. The minimum absolute atomic E-state index is 0.0352. The van der Waals surface area contributed by atoms with E-state index in [4.69, 9.17) is 16.0 Å². The number of rotatable bonds is 6. The second kappa shape index (κ2) is 5.70. The smallest absolute Gasteiger partial charge is 0.197 e. The summed E-state index contributed by atoms with van der Waals surface area (Å²) in [6, 6.07) is 1.83. The van der Waals surface area contributed by atoms with Crippen LogP contribution in [-0.4, -0.2) is 27.5 Å². The highest BCUT2D eigenvalue weighted by Gasteiger charge is 2.15. The van der Waals surface area contributed by atoms with Crippen LogP contribution in [0.5, 0.6) is 0 Å². The first-order valence-corrected chi connectivity index (χ1v) is 7.46. The highest BCUT2D eigenvalue weighted by atomic mass is 35.5. The van der Waals surface area contributed by atoms with Crippen molar-refractivity contribution in [3.63, 3.8) is 0 Å². The molecule has 1 atom stereocenters. The van der Waals surface area contributed by atoms with Gasteiger partial charge in [0.15, 0.2) is 5.22 Å². The van der Waals surface area contributed by atoms with Crippen LogP contribution in [0.15, 0.2) is 16.7 Å². The van der Waals surface area contributed by atoms with Gasteiger partial charge in [-0.15, -0.1) is 0 Å². The summed E-state index contributed by atoms with van der Waals surface area (Å²) in [5, 5.41) is 3.45. The van der Waals surface area contributed by atoms with E-state index in [9.17, 15) is 8.42 Å². The first-order valence-electron chi connectivity index (χ1n) is 5.02. The van der Waals surface area contributed by atoms with Crippen LogP contribution in [0.3, 0.4) is 0 Å². The van der Waals surface area contributed by atoms with Crippen LogP contribution < -0.4 is 5.32 Å². The van der Waals surface area contributed by atoms with E-state index in [1.165, 1.54) is 12.5 Å². The van der Waals surface area contributed by atoms with E-state index in [1.807, 2.05) is 7.05 Å². The summed E-state index contributed by atoms with van der Waals surface area (Å²) in [5.41, 5.74) is 0.873. The Kier molecular flexibility index (Phi) is 4.83. The van der Waals surface area contributed by atoms with Crippen molar-refractivity contribution in [3.8, 4) is 0 Å². The Morgan fingerprint density at radius 1 is 1.56 bits per heavy atom. The van der Waals surface area contributed by atoms with E-state index in [0.717, 1.165) is 5.56 Å². The molecular formula is C10H16ClNO3S. The fraction of sp³-hybridized carbons (Fsp3) is 0.600. The van der Waals surface area contributed by atoms with Gasteiger partial charge in [0, 0.05) is 23.6 Å². The van der Waals surface area contributed by atoms with Gasteiger partial charge in [-0.1, -0.05) is 0 Å². The van der Waals surface area contributed by atoms with Gasteiger partial charge in [0.05, 0.1) is 6.26 Å². The number of furan rings is 1. The number of hydrogen-bond donors (Lipinski definition) is 1. The number of nitrogens with one attached hydrogen (secondary N) is 1. The van der Waals surface area contributed by atoms with Crippen molar-refractivity contribution >= 4 is 21.4 Å². The standard InChI is InChI=1S/C10H16ClNO3S/c1-12-9(4-3-7-16(2,13)14)8-5-6-15-10(8)11/h5-6,9,12H,3-4,7H2,1-2H3. The van der Waals surface area contributed by atoms with Gasteiger partial charge < -0.3 is 9.73 Å². The third kappa shape index (κ3) is 4.15. The van der Waals surface area contributed by atoms with E-state index < -0.39 is 9.84 Å². The molecular weight excluding hydrogens is 250 g/mol. The summed E-state index contributed by atoms with van der Waals surface area (Å²) < 4.78 is 27.0. The van der Waals surface area contributed by atoms with Crippen molar-refractivity contribution in [2.75, 3.05) is 19.1 Å². The Hall–Kier alpha value is -0.520. The average molecular weight is 266 g/mol. The average Bonchev–Trinajstić information content (AvgIpc) is 2.58. The molecule has 1 unspecified atom stereocenters. The topological polar surface area (TPSA) is 59.3 Å². The van der Waals surface area contributed by atoms with Crippen LogP contribution >= 0.6 is 11.6 Å². The molecule has 0 bridgehead atoms. The molecule has 1 aromatic rings. The van der Waals surface area contributed by atoms with Crippen molar-refractivity contribution in [3.05, 3.63) is 23.1 Å². The Balaban J connectivity index is 2.54. The van der Waals surface area contributed by atoms with Crippen molar-refractivity contribution in [1.82, 2.24) is 5.32 Å². The lowest BCUT2D eigenvalue weighted by Gasteiger charge is -2.14. The molecule has 0 saturated carbocycles. The molecule has 0 fully saturated rings. The van der Waals surface area contributed by atoms with Crippen LogP contribution in [-0.2, 0) is 9.84 Å². The van der Waals surface area contributed by atoms with Crippen LogP contribution in [0.4, 0.5) is 0 Å². The first kappa shape index (κ1) is 13.5. The summed E-state index contributed by atoms with van der Waals surface area (Å²) in [7, 11) is -1.08. The van der Waals surface area contributed by atoms with Gasteiger partial charge in [-0.3, -0.25) is 0 Å². The predicted octanol–water partition coefficient (Wildman–Crippen LogP) is 2.02. The van der Waals surface area contributed by atoms with E-state index in [2.05, 4.69) is 5.32 Å². The maximum atomic E-state index is 11.0. The van der Waals surface area contributed by atoms with Crippen LogP contribution in [0, 0.1) is 0 Å². The van der Waals surface area contributed by atoms with Gasteiger partial charge in [-0.2, -0.15) is 0 Å². The largest absolute Gasteiger partial charge is 0.453 e. The zero-order valence-electron chi connectivity index (χ0n) is 9.36. The molecule has 16 heavy (non-hydrogen) atoms. The molecule has 1 heterocycles. The van der Waals surface area contributed by atoms with Gasteiger partial charge >= 0.3 is 0 Å². The molecule has 0 aliphatic rings. The van der Waals surface area contributed by atoms with Crippen molar-refractivity contribution in [2.24, 2.45) is 0 Å². The molecule has 1 rings (SSSR count). The van der Waals surface area contributed by atoms with Crippen molar-refractivity contribution < 1.29 is 12.8 Å². The first-order chi connectivity index (χ1) is 7.44. The Labute approximate surface area is 101 Å². The minimum Gasteiger partial charge on any atom is -0.453 e. The molecule has 4 nitrogen and oxygen atoms in total. The lowest BCUT2D eigenvalue weighted by atomic mass is 10.1. The number of sulfone groups is 1. The highest BCUT2D eigenvalue weighted by Crippen LogP contribution is 2.26. The molecule has 0 radical (unpaired) electrons. The lowest BCUT2D eigenvalue weighted by Crippen LogP contribution is -2.17. The van der Waals surface area contributed by atoms with Crippen LogP contribution in [0.2, 0.25) is 5.22 Å². The minimum atomic E-state index is -2.89. The zero-order valence-corrected chi connectivity index (χ0v) is 10.9. The number of hydrogen-bond acceptors (Lipinski definition) is 4. The van der Waals surface area contributed by atoms with Gasteiger partial charge in [-0.05, 0) is 37.6 Å². The quantitative estimate of drug-likeness (QED) is 0.855. The molecule has 0 aliphatic carbocycles. The molecule has 1 N–H and O–H groups in total. The van der Waals surface area contributed by atoms with Gasteiger partial charge in [0.2, 0.25) is 0 Å². The van der Waals surface area contributed by atoms with Crippen molar-refractivity contribution in [1.29, 1.82) is 0 Å². The Morgan fingerprint density at radius 2 is 2.25 bits per heavy atom. The second-order valence-corrected chi connectivity index (χ2v) is 6.37. The molecule has 92 valence electrons. The molecule has 1 aromatic heterocycles. The van der Waals surface area contributed by atoms with E-state index >= 15 is 0 Å². The maximum absolute atomic E-state index is 11.0. The summed E-state index contributed by atoms with van der Waals surface area (Å²) in [5.74, 6) is 0.195. The fourth-order valence-electron chi connectivity index (χ4n) is 1.56. The fourth-order valence-corrected chi connectivity index (χ4v) is 2.50. The second-order valence-electron chi connectivity index (χ2n) is 3.76. The van der Waals surface area contributed by atoms with Crippen molar-refractivity contribution in [2.45, 2.75) is 18.9 Å². The summed E-state index contributed by atoms with van der Waals surface area (Å²) in [4.78, 5) is 0. The van der Waals surface area contributed by atoms with Gasteiger partial charge in [0.1, 0.15) is 9.84 Å². The summed E-state index contributed by atoms with van der Waals surface area (Å²) in [6.45, 7) is 0. The SMILES string of the molecule is CNC(CCCS(C)(=O)=O)c1ccoc1Cl. The van der Waals surface area contributed by atoms with E-state index in [-0.39, 0.29) is 11.8 Å². The molecule has 0 aliphatic heterocycles. The predicted molar refractivity (Wildman–Crippen MR) is 64.5 cm³/mol. The van der Waals surface area contributed by atoms with E-state index in [1.54, 1.807) is 6.07 Å². The zero-order chi connectivity index (χ0) is 12.2. The monoisotopic (exact) mass is 265 g/mol. The molecule has 6 heteroatoms. The molecule has 0 spiro atoms. The van der Waals surface area contributed by atoms with Gasteiger partial charge in [0.25, 0.3) is 0 Å². The Bertz CT molecular complexity index is 427. The normalized spacial score (nSPS) is 13.9. The third-order valence-corrected chi connectivity index (χ3v) is 3.72. The highest BCUT2D eigenvalue weighted by molar-refractivity contribution is 7.90. The summed E-state index contributed by atoms with van der Waals surface area (Å²) >= 11 is 5.86. The van der Waals surface area contributed by atoms with E-state index in [0.29, 0.717) is 18.1 Å². The van der Waals surface area contributed by atoms with Crippen LogP contribution in [0.1, 0.15) is 24.4 Å². The Morgan fingerprint density at radius 3 is 2.69 bits per heavy atom. The van der Waals surface area contributed by atoms with Gasteiger partial charge in [-0.25, -0.2) is 8.42 Å².